The second kappa shape index (κ2) is 5.22. The third-order valence-corrected chi connectivity index (χ3v) is 2.69. The van der Waals surface area contributed by atoms with E-state index in [1.54, 1.807) is 19.3 Å². The Bertz CT molecular complexity index is 578. The minimum Gasteiger partial charge on any atom is -0.314 e. The van der Waals surface area contributed by atoms with E-state index in [-0.39, 0.29) is 10.7 Å². The van der Waals surface area contributed by atoms with Gasteiger partial charge in [-0.2, -0.15) is 18.3 Å². The van der Waals surface area contributed by atoms with Gasteiger partial charge in [0.25, 0.3) is 0 Å². The highest BCUT2D eigenvalue weighted by Crippen LogP contribution is 2.32. The van der Waals surface area contributed by atoms with Crippen molar-refractivity contribution in [3.63, 3.8) is 0 Å². The first kappa shape index (κ1) is 13.9. The van der Waals surface area contributed by atoms with E-state index in [0.29, 0.717) is 6.54 Å². The molecule has 0 saturated carbocycles. The summed E-state index contributed by atoms with van der Waals surface area (Å²) < 4.78 is 39.4. The Balaban J connectivity index is 2.41. The molecule has 0 aliphatic carbocycles. The topological polar surface area (TPSA) is 29.9 Å². The maximum atomic E-state index is 12.7. The maximum Gasteiger partial charge on any atom is 0.416 e. The molecule has 0 aliphatic rings. The lowest BCUT2D eigenvalue weighted by molar-refractivity contribution is -0.137. The lowest BCUT2D eigenvalue weighted by Gasteiger charge is -2.10. The van der Waals surface area contributed by atoms with E-state index in [1.807, 2.05) is 0 Å². The van der Waals surface area contributed by atoms with Gasteiger partial charge in [0.15, 0.2) is 0 Å². The number of rotatable bonds is 3. The van der Waals surface area contributed by atoms with Crippen LogP contribution in [-0.4, -0.2) is 16.8 Å². The molecule has 2 aromatic rings. The highest BCUT2D eigenvalue weighted by atomic mass is 35.5. The zero-order valence-corrected chi connectivity index (χ0v) is 10.8. The molecule has 1 heterocycles. The van der Waals surface area contributed by atoms with E-state index < -0.39 is 11.7 Å². The van der Waals surface area contributed by atoms with Crippen molar-refractivity contribution in [1.82, 2.24) is 15.1 Å². The van der Waals surface area contributed by atoms with Crippen LogP contribution in [0, 0.1) is 0 Å². The van der Waals surface area contributed by atoms with Crippen LogP contribution in [0.25, 0.3) is 5.69 Å². The standard InChI is InChI=1S/C12H11ClF3N3/c1-17-7-10-2-3-19(18-10)11-5-8(12(14,15)16)4-9(13)6-11/h2-6,17H,7H2,1H3. The molecular weight excluding hydrogens is 279 g/mol. The smallest absolute Gasteiger partial charge is 0.314 e. The molecular formula is C12H11ClF3N3. The molecule has 7 heteroatoms. The molecule has 0 unspecified atom stereocenters. The molecule has 0 radical (unpaired) electrons. The molecule has 1 N–H and O–H groups in total. The number of hydrogen-bond donors (Lipinski definition) is 1. The van der Waals surface area contributed by atoms with Crippen molar-refractivity contribution in [2.75, 3.05) is 7.05 Å². The minimum atomic E-state index is -4.43. The molecule has 0 bridgehead atoms. The van der Waals surface area contributed by atoms with Gasteiger partial charge in [0.1, 0.15) is 0 Å². The summed E-state index contributed by atoms with van der Waals surface area (Å²) >= 11 is 5.72. The summed E-state index contributed by atoms with van der Waals surface area (Å²) in [7, 11) is 1.76. The fourth-order valence-corrected chi connectivity index (χ4v) is 1.88. The summed E-state index contributed by atoms with van der Waals surface area (Å²) in [5.74, 6) is 0. The van der Waals surface area contributed by atoms with Gasteiger partial charge in [-0.25, -0.2) is 4.68 Å². The van der Waals surface area contributed by atoms with Crippen LogP contribution in [0.4, 0.5) is 13.2 Å². The van der Waals surface area contributed by atoms with E-state index in [1.165, 1.54) is 10.7 Å². The molecule has 19 heavy (non-hydrogen) atoms. The van der Waals surface area contributed by atoms with Gasteiger partial charge in [0.05, 0.1) is 16.9 Å². The van der Waals surface area contributed by atoms with Gasteiger partial charge in [-0.3, -0.25) is 0 Å². The Hall–Kier alpha value is -1.53. The van der Waals surface area contributed by atoms with E-state index in [4.69, 9.17) is 11.6 Å². The lowest BCUT2D eigenvalue weighted by atomic mass is 10.2. The molecule has 102 valence electrons. The molecule has 0 saturated heterocycles. The van der Waals surface area contributed by atoms with Gasteiger partial charge < -0.3 is 5.32 Å². The normalized spacial score (nSPS) is 11.8. The van der Waals surface area contributed by atoms with Crippen molar-refractivity contribution in [3.8, 4) is 5.69 Å². The summed E-state index contributed by atoms with van der Waals surface area (Å²) in [5.41, 5.74) is 0.221. The molecule has 3 nitrogen and oxygen atoms in total. The molecule has 1 aromatic carbocycles. The van der Waals surface area contributed by atoms with E-state index >= 15 is 0 Å². The number of alkyl halides is 3. The third-order valence-electron chi connectivity index (χ3n) is 2.48. The number of hydrogen-bond acceptors (Lipinski definition) is 2. The van der Waals surface area contributed by atoms with Crippen molar-refractivity contribution in [2.45, 2.75) is 12.7 Å². The minimum absolute atomic E-state index is 0.0236. The average Bonchev–Trinajstić information content (AvgIpc) is 2.76. The van der Waals surface area contributed by atoms with Crippen molar-refractivity contribution in [2.24, 2.45) is 0 Å². The number of halogens is 4. The van der Waals surface area contributed by atoms with Gasteiger partial charge in [-0.1, -0.05) is 11.6 Å². The van der Waals surface area contributed by atoms with E-state index in [0.717, 1.165) is 17.8 Å². The first-order valence-corrected chi connectivity index (χ1v) is 5.85. The summed E-state index contributed by atoms with van der Waals surface area (Å²) in [4.78, 5) is 0. The zero-order valence-electron chi connectivity index (χ0n) is 10.0. The van der Waals surface area contributed by atoms with E-state index in [2.05, 4.69) is 10.4 Å². The average molecular weight is 290 g/mol. The first-order valence-electron chi connectivity index (χ1n) is 5.47. The van der Waals surface area contributed by atoms with Gasteiger partial charge in [0, 0.05) is 17.8 Å². The second-order valence-electron chi connectivity index (χ2n) is 3.98. The molecule has 0 fully saturated rings. The van der Waals surface area contributed by atoms with Crippen LogP contribution in [0.3, 0.4) is 0 Å². The van der Waals surface area contributed by atoms with Gasteiger partial charge >= 0.3 is 6.18 Å². The fourth-order valence-electron chi connectivity index (χ4n) is 1.65. The van der Waals surface area contributed by atoms with Gasteiger partial charge in [0.2, 0.25) is 0 Å². The van der Waals surface area contributed by atoms with Crippen LogP contribution >= 0.6 is 11.6 Å². The van der Waals surface area contributed by atoms with Crippen molar-refractivity contribution >= 4 is 11.6 Å². The molecule has 0 atom stereocenters. The zero-order chi connectivity index (χ0) is 14.0. The van der Waals surface area contributed by atoms with E-state index in [9.17, 15) is 13.2 Å². The highest BCUT2D eigenvalue weighted by molar-refractivity contribution is 6.30. The molecule has 0 aliphatic heterocycles. The largest absolute Gasteiger partial charge is 0.416 e. The van der Waals surface area contributed by atoms with Crippen molar-refractivity contribution < 1.29 is 13.2 Å². The first-order chi connectivity index (χ1) is 8.90. The predicted octanol–water partition coefficient (Wildman–Crippen LogP) is 3.26. The number of nitrogens with zero attached hydrogens (tertiary/aromatic N) is 2. The number of nitrogens with one attached hydrogen (secondary N) is 1. The number of aromatic nitrogens is 2. The lowest BCUT2D eigenvalue weighted by Crippen LogP contribution is -2.08. The quantitative estimate of drug-likeness (QED) is 0.940. The SMILES string of the molecule is CNCc1ccn(-c2cc(Cl)cc(C(F)(F)F)c2)n1. The van der Waals surface area contributed by atoms with Crippen LogP contribution in [-0.2, 0) is 12.7 Å². The summed E-state index contributed by atoms with van der Waals surface area (Å²) in [6, 6.07) is 5.07. The molecule has 1 aromatic heterocycles. The van der Waals surface area contributed by atoms with Crippen LogP contribution in [0.15, 0.2) is 30.5 Å². The third kappa shape index (κ3) is 3.27. The Labute approximate surface area is 113 Å². The summed E-state index contributed by atoms with van der Waals surface area (Å²) in [5, 5.41) is 7.10. The van der Waals surface area contributed by atoms with Crippen LogP contribution < -0.4 is 5.32 Å². The van der Waals surface area contributed by atoms with Gasteiger partial charge in [-0.15, -0.1) is 0 Å². The van der Waals surface area contributed by atoms with Crippen molar-refractivity contribution in [3.05, 3.63) is 46.7 Å². The second-order valence-corrected chi connectivity index (χ2v) is 4.41. The molecule has 0 spiro atoms. The highest BCUT2D eigenvalue weighted by Gasteiger charge is 2.31. The molecule has 0 amide bonds. The predicted molar refractivity (Wildman–Crippen MR) is 66.3 cm³/mol. The Morgan fingerprint density at radius 2 is 2.05 bits per heavy atom. The Kier molecular flexibility index (Phi) is 3.82. The maximum absolute atomic E-state index is 12.7. The summed E-state index contributed by atoms with van der Waals surface area (Å²) in [6.45, 7) is 0.541. The van der Waals surface area contributed by atoms with Crippen LogP contribution in [0.2, 0.25) is 5.02 Å². The fraction of sp³-hybridized carbons (Fsp3) is 0.250. The number of benzene rings is 1. The monoisotopic (exact) mass is 289 g/mol. The molecule has 2 rings (SSSR count). The Morgan fingerprint density at radius 3 is 2.68 bits per heavy atom. The van der Waals surface area contributed by atoms with Crippen LogP contribution in [0.5, 0.6) is 0 Å². The van der Waals surface area contributed by atoms with Crippen LogP contribution in [0.1, 0.15) is 11.3 Å². The Morgan fingerprint density at radius 1 is 1.32 bits per heavy atom. The van der Waals surface area contributed by atoms with Gasteiger partial charge in [-0.05, 0) is 31.3 Å². The summed E-state index contributed by atoms with van der Waals surface area (Å²) in [6.07, 6.45) is -2.83. The van der Waals surface area contributed by atoms with Crippen molar-refractivity contribution in [1.29, 1.82) is 0 Å².